The lowest BCUT2D eigenvalue weighted by atomic mass is 10.1. The molecule has 0 bridgehead atoms. The highest BCUT2D eigenvalue weighted by molar-refractivity contribution is 6.31. The molecule has 33 heavy (non-hydrogen) atoms. The lowest BCUT2D eigenvalue weighted by molar-refractivity contribution is -0.117. The smallest absolute Gasteiger partial charge is 0.255 e. The maximum atomic E-state index is 12.9. The van der Waals surface area contributed by atoms with Crippen molar-refractivity contribution in [1.82, 2.24) is 0 Å². The predicted molar refractivity (Wildman–Crippen MR) is 132 cm³/mol. The van der Waals surface area contributed by atoms with Crippen molar-refractivity contribution in [1.29, 1.82) is 0 Å². The van der Waals surface area contributed by atoms with Gasteiger partial charge in [0, 0.05) is 39.8 Å². The van der Waals surface area contributed by atoms with E-state index < -0.39 is 0 Å². The zero-order valence-electron chi connectivity index (χ0n) is 17.8. The van der Waals surface area contributed by atoms with Crippen LogP contribution < -0.4 is 15.5 Å². The monoisotopic (exact) mass is 481 g/mol. The molecule has 1 aliphatic heterocycles. The molecule has 168 valence electrons. The quantitative estimate of drug-likeness (QED) is 0.473. The molecule has 1 aliphatic rings. The standard InChI is InChI=1S/C25H21Cl2N3O3/c1-15-13-22(30-12-2-3-23(30)31)21(29-25(33)17-6-10-19(27)11-7-17)14-20(15)28-24(32)16-4-8-18(26)9-5-16/h4-11,13-14H,2-3,12H2,1H3,(H,28,32)(H,29,33). The SMILES string of the molecule is Cc1cc(N2CCCC2=O)c(NC(=O)c2ccc(Cl)cc2)cc1NC(=O)c1ccc(Cl)cc1. The second-order valence-corrected chi connectivity index (χ2v) is 8.63. The van der Waals surface area contributed by atoms with Gasteiger partial charge in [0.25, 0.3) is 11.8 Å². The minimum Gasteiger partial charge on any atom is -0.322 e. The van der Waals surface area contributed by atoms with E-state index in [-0.39, 0.29) is 17.7 Å². The van der Waals surface area contributed by atoms with Gasteiger partial charge in [0.2, 0.25) is 5.91 Å². The summed E-state index contributed by atoms with van der Waals surface area (Å²) >= 11 is 11.8. The molecule has 0 spiro atoms. The Morgan fingerprint density at radius 3 is 1.82 bits per heavy atom. The molecule has 0 aliphatic carbocycles. The van der Waals surface area contributed by atoms with Crippen molar-refractivity contribution in [3.05, 3.63) is 87.4 Å². The highest BCUT2D eigenvalue weighted by Gasteiger charge is 2.26. The number of benzene rings is 3. The Bertz CT molecular complexity index is 1220. The van der Waals surface area contributed by atoms with Gasteiger partial charge < -0.3 is 15.5 Å². The Kier molecular flexibility index (Phi) is 6.67. The number of aryl methyl sites for hydroxylation is 1. The molecule has 2 N–H and O–H groups in total. The molecule has 6 nitrogen and oxygen atoms in total. The fraction of sp³-hybridized carbons (Fsp3) is 0.160. The highest BCUT2D eigenvalue weighted by Crippen LogP contribution is 2.35. The lowest BCUT2D eigenvalue weighted by Crippen LogP contribution is -2.26. The fourth-order valence-electron chi connectivity index (χ4n) is 3.65. The van der Waals surface area contributed by atoms with Crippen LogP contribution in [0.4, 0.5) is 17.1 Å². The van der Waals surface area contributed by atoms with E-state index in [0.717, 1.165) is 12.0 Å². The van der Waals surface area contributed by atoms with E-state index in [1.165, 1.54) is 0 Å². The van der Waals surface area contributed by atoms with Crippen LogP contribution in [0, 0.1) is 6.92 Å². The molecule has 1 fully saturated rings. The van der Waals surface area contributed by atoms with Crippen LogP contribution in [0.25, 0.3) is 0 Å². The second-order valence-electron chi connectivity index (χ2n) is 7.76. The van der Waals surface area contributed by atoms with Crippen LogP contribution in [-0.2, 0) is 4.79 Å². The summed E-state index contributed by atoms with van der Waals surface area (Å²) in [6.45, 7) is 2.41. The first kappa shape index (κ1) is 22.8. The summed E-state index contributed by atoms with van der Waals surface area (Å²) in [5.41, 5.74) is 3.19. The zero-order valence-corrected chi connectivity index (χ0v) is 19.3. The van der Waals surface area contributed by atoms with E-state index >= 15 is 0 Å². The fourth-order valence-corrected chi connectivity index (χ4v) is 3.90. The van der Waals surface area contributed by atoms with Gasteiger partial charge in [0.05, 0.1) is 11.4 Å². The Hall–Kier alpha value is -3.35. The molecule has 0 unspecified atom stereocenters. The van der Waals surface area contributed by atoms with Crippen LogP contribution in [-0.4, -0.2) is 24.3 Å². The normalized spacial score (nSPS) is 13.2. The van der Waals surface area contributed by atoms with Crippen LogP contribution in [0.15, 0.2) is 60.7 Å². The number of amides is 3. The van der Waals surface area contributed by atoms with E-state index in [1.54, 1.807) is 65.6 Å². The number of carbonyl (C=O) groups is 3. The Labute approximate surface area is 201 Å². The molecular formula is C25H21Cl2N3O3. The number of anilines is 3. The minimum absolute atomic E-state index is 0.00524. The molecular weight excluding hydrogens is 461 g/mol. The predicted octanol–water partition coefficient (Wildman–Crippen LogP) is 5.93. The third-order valence-corrected chi connectivity index (χ3v) is 5.92. The van der Waals surface area contributed by atoms with Crippen LogP contribution >= 0.6 is 23.2 Å². The summed E-state index contributed by atoms with van der Waals surface area (Å²) in [4.78, 5) is 39.7. The number of hydrogen-bond donors (Lipinski definition) is 2. The molecule has 0 atom stereocenters. The summed E-state index contributed by atoms with van der Waals surface area (Å²) < 4.78 is 0. The van der Waals surface area contributed by atoms with E-state index in [1.807, 2.05) is 6.92 Å². The van der Waals surface area contributed by atoms with E-state index in [9.17, 15) is 14.4 Å². The average molecular weight is 482 g/mol. The topological polar surface area (TPSA) is 78.5 Å². The third kappa shape index (κ3) is 5.18. The van der Waals surface area contributed by atoms with E-state index in [2.05, 4.69) is 10.6 Å². The molecule has 1 heterocycles. The maximum Gasteiger partial charge on any atom is 0.255 e. The van der Waals surface area contributed by atoms with Gasteiger partial charge in [-0.1, -0.05) is 23.2 Å². The van der Waals surface area contributed by atoms with Crippen molar-refractivity contribution in [2.45, 2.75) is 19.8 Å². The highest BCUT2D eigenvalue weighted by atomic mass is 35.5. The Morgan fingerprint density at radius 1 is 0.818 bits per heavy atom. The Morgan fingerprint density at radius 2 is 1.33 bits per heavy atom. The minimum atomic E-state index is -0.349. The molecule has 3 amide bonds. The van der Waals surface area contributed by atoms with Gasteiger partial charge in [-0.3, -0.25) is 14.4 Å². The van der Waals surface area contributed by atoms with E-state index in [4.69, 9.17) is 23.2 Å². The summed E-state index contributed by atoms with van der Waals surface area (Å²) in [7, 11) is 0. The van der Waals surface area contributed by atoms with Crippen molar-refractivity contribution in [2.75, 3.05) is 22.1 Å². The number of hydrogen-bond acceptors (Lipinski definition) is 3. The number of halogens is 2. The van der Waals surface area contributed by atoms with Crippen molar-refractivity contribution < 1.29 is 14.4 Å². The number of carbonyl (C=O) groups excluding carboxylic acids is 3. The molecule has 8 heteroatoms. The molecule has 4 rings (SSSR count). The van der Waals surface area contributed by atoms with Crippen LogP contribution in [0.1, 0.15) is 39.1 Å². The third-order valence-electron chi connectivity index (χ3n) is 5.42. The van der Waals surface area contributed by atoms with Gasteiger partial charge in [0.1, 0.15) is 0 Å². The summed E-state index contributed by atoms with van der Waals surface area (Å²) in [5.74, 6) is -0.664. The van der Waals surface area contributed by atoms with Crippen LogP contribution in [0.2, 0.25) is 10.0 Å². The van der Waals surface area contributed by atoms with Gasteiger partial charge in [-0.15, -0.1) is 0 Å². The second kappa shape index (κ2) is 9.65. The lowest BCUT2D eigenvalue weighted by Gasteiger charge is -2.22. The summed E-state index contributed by atoms with van der Waals surface area (Å²) in [6.07, 6.45) is 1.20. The number of nitrogens with one attached hydrogen (secondary N) is 2. The molecule has 3 aromatic rings. The largest absolute Gasteiger partial charge is 0.322 e. The Balaban J connectivity index is 1.67. The average Bonchev–Trinajstić information content (AvgIpc) is 3.22. The van der Waals surface area contributed by atoms with Crippen molar-refractivity contribution in [3.8, 4) is 0 Å². The first-order valence-electron chi connectivity index (χ1n) is 10.4. The molecule has 0 saturated carbocycles. The molecule has 1 saturated heterocycles. The van der Waals surface area contributed by atoms with Gasteiger partial charge in [-0.05, 0) is 79.6 Å². The first-order valence-corrected chi connectivity index (χ1v) is 11.2. The van der Waals surface area contributed by atoms with Gasteiger partial charge in [-0.25, -0.2) is 0 Å². The van der Waals surface area contributed by atoms with Crippen LogP contribution in [0.5, 0.6) is 0 Å². The maximum absolute atomic E-state index is 12.9. The zero-order chi connectivity index (χ0) is 23.5. The van der Waals surface area contributed by atoms with Crippen molar-refractivity contribution in [3.63, 3.8) is 0 Å². The molecule has 3 aromatic carbocycles. The summed E-state index contributed by atoms with van der Waals surface area (Å²) in [6, 6.07) is 16.5. The van der Waals surface area contributed by atoms with Gasteiger partial charge in [0.15, 0.2) is 0 Å². The van der Waals surface area contributed by atoms with Crippen molar-refractivity contribution >= 4 is 58.0 Å². The van der Waals surface area contributed by atoms with Gasteiger partial charge in [-0.2, -0.15) is 0 Å². The molecule has 0 aromatic heterocycles. The van der Waals surface area contributed by atoms with Crippen LogP contribution in [0.3, 0.4) is 0 Å². The summed E-state index contributed by atoms with van der Waals surface area (Å²) in [5, 5.41) is 6.83. The van der Waals surface area contributed by atoms with Gasteiger partial charge >= 0.3 is 0 Å². The first-order chi connectivity index (χ1) is 15.8. The number of rotatable bonds is 5. The molecule has 0 radical (unpaired) electrons. The van der Waals surface area contributed by atoms with E-state index in [0.29, 0.717) is 51.2 Å². The number of nitrogens with zero attached hydrogens (tertiary/aromatic N) is 1. The van der Waals surface area contributed by atoms with Crippen molar-refractivity contribution in [2.24, 2.45) is 0 Å².